The molecule has 0 spiro atoms. The van der Waals surface area contributed by atoms with E-state index in [0.717, 1.165) is 32.3 Å². The summed E-state index contributed by atoms with van der Waals surface area (Å²) in [6.45, 7) is 3.17. The lowest BCUT2D eigenvalue weighted by atomic mass is 9.98. The fourth-order valence-electron chi connectivity index (χ4n) is 4.08. The largest absolute Gasteiger partial charge is 0.376 e. The van der Waals surface area contributed by atoms with Crippen molar-refractivity contribution in [2.45, 2.75) is 51.4 Å². The zero-order valence-electron chi connectivity index (χ0n) is 16.7. The van der Waals surface area contributed by atoms with E-state index in [1.165, 1.54) is 22.8 Å². The number of aryl methyl sites for hydroxylation is 1. The van der Waals surface area contributed by atoms with Gasteiger partial charge in [-0.05, 0) is 48.4 Å². The maximum atomic E-state index is 13.7. The van der Waals surface area contributed by atoms with E-state index in [1.807, 2.05) is 11.0 Å². The molecule has 1 saturated heterocycles. The third-order valence-electron chi connectivity index (χ3n) is 5.90. The molecule has 0 N–H and O–H groups in total. The number of hydrogen-bond acceptors (Lipinski definition) is 3. The van der Waals surface area contributed by atoms with E-state index in [9.17, 15) is 9.18 Å². The van der Waals surface area contributed by atoms with Crippen LogP contribution in [0.25, 0.3) is 0 Å². The lowest BCUT2D eigenvalue weighted by Gasteiger charge is -2.32. The number of carbonyl (C=O) groups is 1. The van der Waals surface area contributed by atoms with Crippen LogP contribution in [0.15, 0.2) is 42.5 Å². The van der Waals surface area contributed by atoms with Gasteiger partial charge in [0, 0.05) is 25.1 Å². The quantitative estimate of drug-likeness (QED) is 0.739. The number of benzene rings is 2. The monoisotopic (exact) mass is 397 g/mol. The van der Waals surface area contributed by atoms with Crippen LogP contribution in [-0.4, -0.2) is 36.6 Å². The van der Waals surface area contributed by atoms with Crippen molar-refractivity contribution in [3.05, 3.63) is 70.5 Å². The Morgan fingerprint density at radius 1 is 1.14 bits per heavy atom. The average molecular weight is 397 g/mol. The minimum atomic E-state index is -0.228. The van der Waals surface area contributed by atoms with E-state index >= 15 is 0 Å². The number of likely N-dealkylation sites (tertiary alicyclic amines) is 1. The Balaban J connectivity index is 1.20. The van der Waals surface area contributed by atoms with Crippen molar-refractivity contribution >= 4 is 5.91 Å². The first kappa shape index (κ1) is 20.0. The first-order chi connectivity index (χ1) is 14.2. The molecule has 154 valence electrons. The summed E-state index contributed by atoms with van der Waals surface area (Å²) in [6, 6.07) is 13.2. The Labute approximate surface area is 171 Å². The van der Waals surface area contributed by atoms with Crippen LogP contribution < -0.4 is 0 Å². The van der Waals surface area contributed by atoms with Crippen LogP contribution in [0.1, 0.15) is 41.5 Å². The molecule has 2 heterocycles. The zero-order chi connectivity index (χ0) is 20.1. The molecule has 0 radical (unpaired) electrons. The van der Waals surface area contributed by atoms with Crippen LogP contribution in [0.4, 0.5) is 4.39 Å². The second kappa shape index (κ2) is 9.51. The molecular formula is C24H28FNO3. The molecule has 29 heavy (non-hydrogen) atoms. The van der Waals surface area contributed by atoms with Gasteiger partial charge in [0.1, 0.15) is 5.82 Å². The Kier molecular flexibility index (Phi) is 6.57. The van der Waals surface area contributed by atoms with Gasteiger partial charge >= 0.3 is 0 Å². The van der Waals surface area contributed by atoms with E-state index < -0.39 is 0 Å². The van der Waals surface area contributed by atoms with Gasteiger partial charge in [-0.3, -0.25) is 4.79 Å². The van der Waals surface area contributed by atoms with Gasteiger partial charge in [0.25, 0.3) is 0 Å². The summed E-state index contributed by atoms with van der Waals surface area (Å²) in [6.07, 6.45) is 3.95. The van der Waals surface area contributed by atoms with Gasteiger partial charge in [0.05, 0.1) is 25.9 Å². The summed E-state index contributed by atoms with van der Waals surface area (Å²) in [5.74, 6) is -0.0274. The second-order valence-corrected chi connectivity index (χ2v) is 7.89. The van der Waals surface area contributed by atoms with Gasteiger partial charge < -0.3 is 14.4 Å². The molecule has 1 amide bonds. The minimum absolute atomic E-state index is 0.0827. The first-order valence-corrected chi connectivity index (χ1v) is 10.5. The summed E-state index contributed by atoms with van der Waals surface area (Å²) >= 11 is 0. The first-order valence-electron chi connectivity index (χ1n) is 10.5. The molecule has 2 aliphatic rings. The molecule has 0 aliphatic carbocycles. The van der Waals surface area contributed by atoms with Crippen LogP contribution in [-0.2, 0) is 40.3 Å². The standard InChI is InChI=1S/C24H28FNO3/c25-23-4-2-1-3-20(23)17-29-22-9-12-26(13-10-22)24(27)8-6-18-5-7-19-11-14-28-16-21(19)15-18/h1-5,7,15,22H,6,8-14,16-17H2. The molecule has 2 aromatic rings. The molecule has 0 saturated carbocycles. The summed E-state index contributed by atoms with van der Waals surface area (Å²) < 4.78 is 25.1. The molecule has 2 aliphatic heterocycles. The molecule has 1 fully saturated rings. The summed E-state index contributed by atoms with van der Waals surface area (Å²) in [4.78, 5) is 14.5. The van der Waals surface area contributed by atoms with Gasteiger partial charge in [0.2, 0.25) is 5.91 Å². The van der Waals surface area contributed by atoms with E-state index in [1.54, 1.807) is 12.1 Å². The number of fused-ring (bicyclic) bond motifs is 1. The molecule has 0 bridgehead atoms. The number of halogens is 1. The Morgan fingerprint density at radius 3 is 2.79 bits per heavy atom. The van der Waals surface area contributed by atoms with Crippen molar-refractivity contribution in [1.82, 2.24) is 4.90 Å². The summed E-state index contributed by atoms with van der Waals surface area (Å²) in [7, 11) is 0. The molecule has 0 atom stereocenters. The molecule has 0 unspecified atom stereocenters. The van der Waals surface area contributed by atoms with Crippen LogP contribution in [0.5, 0.6) is 0 Å². The third-order valence-corrected chi connectivity index (χ3v) is 5.90. The molecule has 4 rings (SSSR count). The van der Waals surface area contributed by atoms with Gasteiger partial charge in [0.15, 0.2) is 0 Å². The normalized spacial score (nSPS) is 17.2. The molecule has 5 heteroatoms. The van der Waals surface area contributed by atoms with E-state index in [0.29, 0.717) is 31.7 Å². The number of nitrogens with zero attached hydrogens (tertiary/aromatic N) is 1. The Hall–Kier alpha value is -2.24. The van der Waals surface area contributed by atoms with Crippen molar-refractivity contribution in [2.75, 3.05) is 19.7 Å². The predicted octanol–water partition coefficient (Wildman–Crippen LogP) is 4.04. The highest BCUT2D eigenvalue weighted by Crippen LogP contribution is 2.21. The van der Waals surface area contributed by atoms with Crippen molar-refractivity contribution in [1.29, 1.82) is 0 Å². The summed E-state index contributed by atoms with van der Waals surface area (Å²) in [5, 5.41) is 0. The Bertz CT molecular complexity index is 846. The molecule has 2 aromatic carbocycles. The maximum absolute atomic E-state index is 13.7. The van der Waals surface area contributed by atoms with Gasteiger partial charge in [-0.2, -0.15) is 0 Å². The summed E-state index contributed by atoms with van der Waals surface area (Å²) in [5.41, 5.74) is 4.41. The fourth-order valence-corrected chi connectivity index (χ4v) is 4.08. The van der Waals surface area contributed by atoms with E-state index in [-0.39, 0.29) is 24.4 Å². The minimum Gasteiger partial charge on any atom is -0.376 e. The highest BCUT2D eigenvalue weighted by molar-refractivity contribution is 5.76. The lowest BCUT2D eigenvalue weighted by molar-refractivity contribution is -0.134. The van der Waals surface area contributed by atoms with E-state index in [2.05, 4.69) is 18.2 Å². The zero-order valence-corrected chi connectivity index (χ0v) is 16.7. The van der Waals surface area contributed by atoms with Gasteiger partial charge in [-0.15, -0.1) is 0 Å². The van der Waals surface area contributed by atoms with Crippen molar-refractivity contribution in [2.24, 2.45) is 0 Å². The smallest absolute Gasteiger partial charge is 0.222 e. The van der Waals surface area contributed by atoms with Crippen molar-refractivity contribution in [3.63, 3.8) is 0 Å². The highest BCUT2D eigenvalue weighted by Gasteiger charge is 2.23. The fraction of sp³-hybridized carbons (Fsp3) is 0.458. The molecule has 4 nitrogen and oxygen atoms in total. The maximum Gasteiger partial charge on any atom is 0.222 e. The van der Waals surface area contributed by atoms with Crippen LogP contribution in [0.3, 0.4) is 0 Å². The van der Waals surface area contributed by atoms with Gasteiger partial charge in [-0.1, -0.05) is 36.4 Å². The molecular weight excluding hydrogens is 369 g/mol. The number of rotatable bonds is 6. The molecule has 0 aromatic heterocycles. The average Bonchev–Trinajstić information content (AvgIpc) is 2.77. The van der Waals surface area contributed by atoms with Gasteiger partial charge in [-0.25, -0.2) is 4.39 Å². The number of hydrogen-bond donors (Lipinski definition) is 0. The van der Waals surface area contributed by atoms with Crippen LogP contribution >= 0.6 is 0 Å². The van der Waals surface area contributed by atoms with Crippen LogP contribution in [0.2, 0.25) is 0 Å². The predicted molar refractivity (Wildman–Crippen MR) is 109 cm³/mol. The second-order valence-electron chi connectivity index (χ2n) is 7.89. The third kappa shape index (κ3) is 5.22. The van der Waals surface area contributed by atoms with E-state index in [4.69, 9.17) is 9.47 Å². The highest BCUT2D eigenvalue weighted by atomic mass is 19.1. The number of amides is 1. The van der Waals surface area contributed by atoms with Crippen molar-refractivity contribution < 1.29 is 18.7 Å². The topological polar surface area (TPSA) is 38.8 Å². The Morgan fingerprint density at radius 2 is 1.97 bits per heavy atom. The number of carbonyl (C=O) groups excluding carboxylic acids is 1. The lowest BCUT2D eigenvalue weighted by Crippen LogP contribution is -2.41. The van der Waals surface area contributed by atoms with Crippen LogP contribution in [0, 0.1) is 5.82 Å². The number of ether oxygens (including phenoxy) is 2. The van der Waals surface area contributed by atoms with Crippen molar-refractivity contribution in [3.8, 4) is 0 Å². The number of piperidine rings is 1. The SMILES string of the molecule is O=C(CCc1ccc2c(c1)COCC2)N1CCC(OCc2ccccc2F)CC1.